The summed E-state index contributed by atoms with van der Waals surface area (Å²) < 4.78 is 29.6. The van der Waals surface area contributed by atoms with E-state index in [4.69, 9.17) is 37.8 Å². The minimum Gasteiger partial charge on any atom is -0.496 e. The third-order valence-corrected chi connectivity index (χ3v) is 9.90. The number of aromatic carboxylic acids is 1. The molecule has 1 aromatic heterocycles. The summed E-state index contributed by atoms with van der Waals surface area (Å²) in [5, 5.41) is 18.7. The van der Waals surface area contributed by atoms with Crippen LogP contribution in [0.2, 0.25) is 10.0 Å². The number of nitrogens with one attached hydrogen (secondary N) is 1. The standard InChI is InChI=1S/C31H25Cl2FN4O5/c1-42-24-11-21-17(10-18(24)29(39)40)28-38(36-21)27-23(13-43-28)37(12-14-5-6-14)31(25(27)16-3-2-4-20(33)26(16)34)19-8-7-15(32)9-22(19)35-30(31)41/h2-4,7-11,14,23,25,27H,5-6,12-13H2,1H3,(H,35,41)(H,39,40)/t23-,25-,27+,31+/m0/s1. The summed E-state index contributed by atoms with van der Waals surface area (Å²) in [4.78, 5) is 28.7. The van der Waals surface area contributed by atoms with Gasteiger partial charge in [0.15, 0.2) is 0 Å². The maximum absolute atomic E-state index is 16.2. The lowest BCUT2D eigenvalue weighted by atomic mass is 9.73. The Morgan fingerprint density at radius 1 is 1.23 bits per heavy atom. The second-order valence-electron chi connectivity index (χ2n) is 11.6. The smallest absolute Gasteiger partial charge is 0.339 e. The number of methoxy groups -OCH3 is 1. The van der Waals surface area contributed by atoms with E-state index >= 15 is 4.39 Å². The number of rotatable bonds is 5. The highest BCUT2D eigenvalue weighted by Crippen LogP contribution is 2.63. The lowest BCUT2D eigenvalue weighted by Crippen LogP contribution is -2.54. The number of amides is 1. The van der Waals surface area contributed by atoms with Gasteiger partial charge in [-0.1, -0.05) is 41.4 Å². The van der Waals surface area contributed by atoms with Crippen LogP contribution in [-0.4, -0.2) is 58.0 Å². The van der Waals surface area contributed by atoms with Crippen LogP contribution in [0.25, 0.3) is 10.9 Å². The van der Waals surface area contributed by atoms with Gasteiger partial charge in [0.25, 0.3) is 0 Å². The molecule has 1 saturated carbocycles. The van der Waals surface area contributed by atoms with E-state index in [1.807, 2.05) is 6.07 Å². The lowest BCUT2D eigenvalue weighted by molar-refractivity contribution is -0.128. The Bertz CT molecular complexity index is 1880. The Hall–Kier alpha value is -3.86. The van der Waals surface area contributed by atoms with Gasteiger partial charge in [0.2, 0.25) is 11.8 Å². The molecule has 220 valence electrons. The van der Waals surface area contributed by atoms with Crippen molar-refractivity contribution in [1.29, 1.82) is 0 Å². The summed E-state index contributed by atoms with van der Waals surface area (Å²) in [6.07, 6.45) is 2.07. The summed E-state index contributed by atoms with van der Waals surface area (Å²) >= 11 is 12.7. The third-order valence-electron chi connectivity index (χ3n) is 9.37. The number of carboxylic acids is 1. The molecule has 3 aliphatic heterocycles. The van der Waals surface area contributed by atoms with Gasteiger partial charge in [-0.3, -0.25) is 9.69 Å². The van der Waals surface area contributed by atoms with Crippen LogP contribution in [0.1, 0.15) is 46.3 Å². The van der Waals surface area contributed by atoms with Crippen molar-refractivity contribution < 1.29 is 28.6 Å². The maximum Gasteiger partial charge on any atom is 0.339 e. The summed E-state index contributed by atoms with van der Waals surface area (Å²) in [6.45, 7) is 0.787. The molecule has 8 rings (SSSR count). The van der Waals surface area contributed by atoms with Gasteiger partial charge in [-0.2, -0.15) is 5.10 Å². The minimum atomic E-state index is -1.32. The molecular formula is C31H25Cl2FN4O5. The lowest BCUT2D eigenvalue weighted by Gasteiger charge is -2.39. The first kappa shape index (κ1) is 26.7. The zero-order valence-electron chi connectivity index (χ0n) is 22.8. The van der Waals surface area contributed by atoms with E-state index in [1.165, 1.54) is 19.2 Å². The van der Waals surface area contributed by atoms with Gasteiger partial charge >= 0.3 is 5.97 Å². The summed E-state index contributed by atoms with van der Waals surface area (Å²) in [5.41, 5.74) is 0.668. The Kier molecular flexibility index (Phi) is 5.80. The zero-order valence-corrected chi connectivity index (χ0v) is 24.3. The number of ether oxygens (including phenoxy) is 2. The van der Waals surface area contributed by atoms with Gasteiger partial charge in [0.1, 0.15) is 34.8 Å². The van der Waals surface area contributed by atoms with Crippen LogP contribution in [0.3, 0.4) is 0 Å². The van der Waals surface area contributed by atoms with Gasteiger partial charge in [-0.15, -0.1) is 0 Å². The second-order valence-corrected chi connectivity index (χ2v) is 12.5. The molecule has 0 bridgehead atoms. The average Bonchev–Trinajstić information content (AvgIpc) is 3.58. The first-order valence-corrected chi connectivity index (χ1v) is 14.8. The molecule has 12 heteroatoms. The van der Waals surface area contributed by atoms with Crippen LogP contribution in [0, 0.1) is 11.7 Å². The number of benzene rings is 3. The predicted molar refractivity (Wildman–Crippen MR) is 157 cm³/mol. The number of carbonyl (C=O) groups is 2. The second kappa shape index (κ2) is 9.32. The highest BCUT2D eigenvalue weighted by molar-refractivity contribution is 6.31. The monoisotopic (exact) mass is 622 g/mol. The first-order chi connectivity index (χ1) is 20.7. The molecule has 1 amide bonds. The van der Waals surface area contributed by atoms with Crippen LogP contribution in [0.4, 0.5) is 10.1 Å². The summed E-state index contributed by atoms with van der Waals surface area (Å²) in [6, 6.07) is 12.2. The predicted octanol–water partition coefficient (Wildman–Crippen LogP) is 5.85. The van der Waals surface area contributed by atoms with Crippen molar-refractivity contribution in [3.63, 3.8) is 0 Å². The van der Waals surface area contributed by atoms with E-state index in [2.05, 4.69) is 10.2 Å². The van der Waals surface area contributed by atoms with Crippen LogP contribution in [0.5, 0.6) is 11.6 Å². The number of hydrogen-bond acceptors (Lipinski definition) is 6. The van der Waals surface area contributed by atoms with Crippen molar-refractivity contribution in [2.24, 2.45) is 5.92 Å². The van der Waals surface area contributed by atoms with Crippen LogP contribution in [-0.2, 0) is 10.3 Å². The largest absolute Gasteiger partial charge is 0.496 e. The van der Waals surface area contributed by atoms with E-state index in [0.29, 0.717) is 45.5 Å². The Morgan fingerprint density at radius 3 is 2.79 bits per heavy atom. The minimum absolute atomic E-state index is 0.0341. The highest BCUT2D eigenvalue weighted by atomic mass is 35.5. The zero-order chi connectivity index (χ0) is 29.8. The molecule has 4 heterocycles. The number of carboxylic acid groups (broad SMARTS) is 1. The van der Waals surface area contributed by atoms with Gasteiger partial charge in [0.05, 0.1) is 29.6 Å². The van der Waals surface area contributed by atoms with Crippen molar-refractivity contribution in [2.45, 2.75) is 36.4 Å². The molecule has 3 aromatic carbocycles. The molecule has 4 aliphatic rings. The molecule has 2 N–H and O–H groups in total. The van der Waals surface area contributed by atoms with Crippen LogP contribution < -0.4 is 14.8 Å². The molecule has 9 nitrogen and oxygen atoms in total. The summed E-state index contributed by atoms with van der Waals surface area (Å²) in [5.74, 6) is -1.93. The number of carbonyl (C=O) groups excluding carboxylic acids is 1. The maximum atomic E-state index is 16.2. The van der Waals surface area contributed by atoms with E-state index in [9.17, 15) is 14.7 Å². The fourth-order valence-corrected chi connectivity index (χ4v) is 7.81. The van der Waals surface area contributed by atoms with Crippen LogP contribution >= 0.6 is 23.2 Å². The number of anilines is 1. The molecule has 2 fully saturated rings. The highest BCUT2D eigenvalue weighted by Gasteiger charge is 2.69. The number of nitrogens with zero attached hydrogens (tertiary/aromatic N) is 3. The molecule has 1 saturated heterocycles. The van der Waals surface area contributed by atoms with Crippen molar-refractivity contribution in [3.05, 3.63) is 81.1 Å². The number of hydrogen-bond donors (Lipinski definition) is 2. The number of likely N-dealkylation sites (tertiary alicyclic amines) is 1. The SMILES string of the molecule is COc1cc2nn3c(c2cc1C(=O)O)OC[C@H]1[C@@H]3[C@H](c2cccc(Cl)c2F)[C@]2(C(=O)Nc3cc(Cl)ccc32)N1CC1CC1. The molecule has 43 heavy (non-hydrogen) atoms. The van der Waals surface area contributed by atoms with Gasteiger partial charge < -0.3 is 19.9 Å². The van der Waals surface area contributed by atoms with Crippen molar-refractivity contribution >= 4 is 51.7 Å². The molecule has 4 aromatic rings. The van der Waals surface area contributed by atoms with Crippen molar-refractivity contribution in [1.82, 2.24) is 14.7 Å². The van der Waals surface area contributed by atoms with E-state index in [0.717, 1.165) is 12.8 Å². The number of halogens is 3. The van der Waals surface area contributed by atoms with Crippen molar-refractivity contribution in [2.75, 3.05) is 25.6 Å². The van der Waals surface area contributed by atoms with E-state index in [1.54, 1.807) is 35.0 Å². The molecular weight excluding hydrogens is 598 g/mol. The number of fused-ring (bicyclic) bond motifs is 7. The van der Waals surface area contributed by atoms with Crippen molar-refractivity contribution in [3.8, 4) is 11.6 Å². The molecule has 0 radical (unpaired) electrons. The molecule has 4 atom stereocenters. The third kappa shape index (κ3) is 3.63. The fraction of sp³-hybridized carbons (Fsp3) is 0.323. The van der Waals surface area contributed by atoms with E-state index < -0.39 is 29.3 Å². The quantitative estimate of drug-likeness (QED) is 0.288. The van der Waals surface area contributed by atoms with E-state index in [-0.39, 0.29) is 40.5 Å². The topological polar surface area (TPSA) is 106 Å². The first-order valence-electron chi connectivity index (χ1n) is 14.0. The van der Waals surface area contributed by atoms with Gasteiger partial charge in [-0.05, 0) is 48.6 Å². The number of aromatic nitrogens is 2. The Morgan fingerprint density at radius 2 is 2.05 bits per heavy atom. The van der Waals surface area contributed by atoms with Gasteiger partial charge in [0, 0.05) is 34.8 Å². The molecule has 1 aliphatic carbocycles. The summed E-state index contributed by atoms with van der Waals surface area (Å²) in [7, 11) is 1.40. The molecule has 0 unspecified atom stereocenters. The normalized spacial score (nSPS) is 25.8. The average molecular weight is 623 g/mol. The molecule has 1 spiro atoms. The van der Waals surface area contributed by atoms with Crippen LogP contribution in [0.15, 0.2) is 48.5 Å². The van der Waals surface area contributed by atoms with Gasteiger partial charge in [-0.25, -0.2) is 13.9 Å². The fourth-order valence-electron chi connectivity index (χ4n) is 7.45. The Labute approximate surface area is 255 Å². The Balaban J connectivity index is 1.43.